The molecule has 3 aliphatic carbocycles. The highest BCUT2D eigenvalue weighted by atomic mass is 16.2. The topological polar surface area (TPSA) is 46.2 Å². The van der Waals surface area contributed by atoms with Gasteiger partial charge in [0.05, 0.1) is 0 Å². The summed E-state index contributed by atoms with van der Waals surface area (Å²) >= 11 is 0. The fraction of sp³-hybridized carbons (Fsp3) is 0.867. The van der Waals surface area contributed by atoms with Crippen molar-refractivity contribution in [1.29, 1.82) is 0 Å². The number of amides is 1. The number of carbonyl (C=O) groups is 2. The molecule has 18 heavy (non-hydrogen) atoms. The zero-order chi connectivity index (χ0) is 12.7. The lowest BCUT2D eigenvalue weighted by molar-refractivity contribution is -0.137. The summed E-state index contributed by atoms with van der Waals surface area (Å²) < 4.78 is 0. The Bertz CT molecular complexity index is 346. The molecule has 3 nitrogen and oxygen atoms in total. The third kappa shape index (κ3) is 2.32. The molecule has 0 heterocycles. The minimum Gasteiger partial charge on any atom is -0.353 e. The first kappa shape index (κ1) is 12.2. The summed E-state index contributed by atoms with van der Waals surface area (Å²) in [5, 5.41) is 3.17. The second-order valence-electron chi connectivity index (χ2n) is 6.53. The number of nitrogens with one attached hydrogen (secondary N) is 1. The van der Waals surface area contributed by atoms with Gasteiger partial charge in [-0.05, 0) is 51.4 Å². The van der Waals surface area contributed by atoms with Crippen molar-refractivity contribution >= 4 is 11.7 Å². The molecule has 3 rings (SSSR count). The first-order valence-electron chi connectivity index (χ1n) is 7.49. The van der Waals surface area contributed by atoms with Crippen LogP contribution in [-0.2, 0) is 9.59 Å². The molecule has 3 atom stereocenters. The van der Waals surface area contributed by atoms with Crippen molar-refractivity contribution in [1.82, 2.24) is 5.32 Å². The van der Waals surface area contributed by atoms with Gasteiger partial charge in [-0.15, -0.1) is 0 Å². The number of carbonyl (C=O) groups excluding carboxylic acids is 2. The zero-order valence-electron chi connectivity index (χ0n) is 11.2. The Kier molecular flexibility index (Phi) is 3.16. The highest BCUT2D eigenvalue weighted by molar-refractivity contribution is 5.88. The maximum Gasteiger partial charge on any atom is 0.223 e. The number of hydrogen-bond donors (Lipinski definition) is 1. The van der Waals surface area contributed by atoms with E-state index in [1.165, 1.54) is 19.3 Å². The second-order valence-corrected chi connectivity index (χ2v) is 6.53. The van der Waals surface area contributed by atoms with Crippen LogP contribution in [0.15, 0.2) is 0 Å². The maximum absolute atomic E-state index is 12.3. The van der Waals surface area contributed by atoms with E-state index < -0.39 is 0 Å². The molecule has 3 saturated carbocycles. The van der Waals surface area contributed by atoms with Crippen molar-refractivity contribution in [2.75, 3.05) is 0 Å². The van der Waals surface area contributed by atoms with Gasteiger partial charge in [0, 0.05) is 23.8 Å². The molecule has 0 spiro atoms. The van der Waals surface area contributed by atoms with Gasteiger partial charge in [0.15, 0.2) is 0 Å². The smallest absolute Gasteiger partial charge is 0.223 e. The lowest BCUT2D eigenvalue weighted by Crippen LogP contribution is -2.45. The Morgan fingerprint density at radius 2 is 1.78 bits per heavy atom. The Hall–Kier alpha value is -0.860. The van der Waals surface area contributed by atoms with Crippen LogP contribution in [0.25, 0.3) is 0 Å². The van der Waals surface area contributed by atoms with Crippen molar-refractivity contribution < 1.29 is 9.59 Å². The SMILES string of the molecule is CC(NC(=O)C1CC2CCCC(C1)C2=O)C1CC1. The number of Topliss-reactive ketones (excluding diaryl/α,β-unsaturated/α-hetero) is 1. The van der Waals surface area contributed by atoms with E-state index in [1.54, 1.807) is 0 Å². The molecular formula is C15H23NO2. The average molecular weight is 249 g/mol. The van der Waals surface area contributed by atoms with Gasteiger partial charge in [-0.1, -0.05) is 6.42 Å². The van der Waals surface area contributed by atoms with Gasteiger partial charge in [-0.2, -0.15) is 0 Å². The van der Waals surface area contributed by atoms with E-state index in [4.69, 9.17) is 0 Å². The number of ketones is 1. The number of rotatable bonds is 3. The van der Waals surface area contributed by atoms with Crippen molar-refractivity contribution in [2.45, 2.75) is 57.9 Å². The monoisotopic (exact) mass is 249 g/mol. The van der Waals surface area contributed by atoms with E-state index in [-0.39, 0.29) is 23.7 Å². The van der Waals surface area contributed by atoms with Crippen LogP contribution in [0.2, 0.25) is 0 Å². The van der Waals surface area contributed by atoms with Crippen molar-refractivity contribution in [3.05, 3.63) is 0 Å². The van der Waals surface area contributed by atoms with Crippen LogP contribution in [0.3, 0.4) is 0 Å². The molecule has 3 unspecified atom stereocenters. The fourth-order valence-corrected chi connectivity index (χ4v) is 3.75. The second kappa shape index (κ2) is 4.67. The zero-order valence-corrected chi connectivity index (χ0v) is 11.2. The Labute approximate surface area is 109 Å². The highest BCUT2D eigenvalue weighted by Crippen LogP contribution is 2.40. The van der Waals surface area contributed by atoms with E-state index >= 15 is 0 Å². The average Bonchev–Trinajstić information content (AvgIpc) is 3.11. The van der Waals surface area contributed by atoms with E-state index in [1.807, 2.05) is 0 Å². The molecule has 3 aliphatic rings. The van der Waals surface area contributed by atoms with Crippen LogP contribution in [0.4, 0.5) is 0 Å². The van der Waals surface area contributed by atoms with Gasteiger partial charge in [0.25, 0.3) is 0 Å². The first-order chi connectivity index (χ1) is 8.65. The molecule has 1 N–H and O–H groups in total. The molecule has 0 aliphatic heterocycles. The summed E-state index contributed by atoms with van der Waals surface area (Å²) in [6.45, 7) is 2.12. The first-order valence-corrected chi connectivity index (χ1v) is 7.49. The summed E-state index contributed by atoms with van der Waals surface area (Å²) in [5.74, 6) is 1.83. The summed E-state index contributed by atoms with van der Waals surface area (Å²) in [6.07, 6.45) is 7.32. The summed E-state index contributed by atoms with van der Waals surface area (Å²) in [7, 11) is 0. The van der Waals surface area contributed by atoms with Crippen LogP contribution < -0.4 is 5.32 Å². The molecular weight excluding hydrogens is 226 g/mol. The molecule has 1 amide bonds. The third-order valence-electron chi connectivity index (χ3n) is 5.12. The largest absolute Gasteiger partial charge is 0.353 e. The fourth-order valence-electron chi connectivity index (χ4n) is 3.75. The van der Waals surface area contributed by atoms with Crippen LogP contribution in [0.1, 0.15) is 51.9 Å². The predicted molar refractivity (Wildman–Crippen MR) is 68.9 cm³/mol. The van der Waals surface area contributed by atoms with E-state index in [0.717, 1.165) is 25.7 Å². The normalized spacial score (nSPS) is 37.2. The van der Waals surface area contributed by atoms with Gasteiger partial charge < -0.3 is 5.32 Å². The molecule has 0 aromatic carbocycles. The summed E-state index contributed by atoms with van der Waals surface area (Å²) in [4.78, 5) is 24.2. The van der Waals surface area contributed by atoms with Crippen LogP contribution in [0.5, 0.6) is 0 Å². The standard InChI is InChI=1S/C15H23NO2/c1-9(10-5-6-10)16-15(18)13-7-11-3-2-4-12(8-13)14(11)17/h9-13H,2-8H2,1H3,(H,16,18). The van der Waals surface area contributed by atoms with Crippen molar-refractivity contribution in [3.63, 3.8) is 0 Å². The maximum atomic E-state index is 12.3. The molecule has 3 heteroatoms. The third-order valence-corrected chi connectivity index (χ3v) is 5.12. The molecule has 0 aromatic rings. The van der Waals surface area contributed by atoms with E-state index in [0.29, 0.717) is 17.7 Å². The highest BCUT2D eigenvalue weighted by Gasteiger charge is 2.41. The lowest BCUT2D eigenvalue weighted by Gasteiger charge is -2.37. The molecule has 0 radical (unpaired) electrons. The minimum absolute atomic E-state index is 0.0965. The van der Waals surface area contributed by atoms with E-state index in [2.05, 4.69) is 12.2 Å². The Morgan fingerprint density at radius 1 is 1.17 bits per heavy atom. The van der Waals surface area contributed by atoms with Crippen LogP contribution >= 0.6 is 0 Å². The Balaban J connectivity index is 1.59. The minimum atomic E-state index is 0.0965. The summed E-state index contributed by atoms with van der Waals surface area (Å²) in [6, 6.07) is 0.329. The Morgan fingerprint density at radius 3 is 2.33 bits per heavy atom. The van der Waals surface area contributed by atoms with Crippen molar-refractivity contribution in [3.8, 4) is 0 Å². The quantitative estimate of drug-likeness (QED) is 0.834. The molecule has 100 valence electrons. The predicted octanol–water partition coefficient (Wildman–Crippen LogP) is 2.30. The van der Waals surface area contributed by atoms with E-state index in [9.17, 15) is 9.59 Å². The van der Waals surface area contributed by atoms with Gasteiger partial charge in [0.1, 0.15) is 5.78 Å². The number of fused-ring (bicyclic) bond motifs is 2. The van der Waals surface area contributed by atoms with Gasteiger partial charge in [-0.3, -0.25) is 9.59 Å². The van der Waals surface area contributed by atoms with Crippen molar-refractivity contribution in [2.24, 2.45) is 23.7 Å². The van der Waals surface area contributed by atoms with Gasteiger partial charge in [0.2, 0.25) is 5.91 Å². The summed E-state index contributed by atoms with van der Waals surface area (Å²) in [5.41, 5.74) is 0. The van der Waals surface area contributed by atoms with Gasteiger partial charge in [-0.25, -0.2) is 0 Å². The lowest BCUT2D eigenvalue weighted by atomic mass is 9.67. The molecule has 2 bridgehead atoms. The number of hydrogen-bond acceptors (Lipinski definition) is 2. The van der Waals surface area contributed by atoms with Gasteiger partial charge >= 0.3 is 0 Å². The molecule has 3 fully saturated rings. The van der Waals surface area contributed by atoms with Crippen LogP contribution in [0, 0.1) is 23.7 Å². The molecule has 0 saturated heterocycles. The van der Waals surface area contributed by atoms with Crippen LogP contribution in [-0.4, -0.2) is 17.7 Å². The molecule has 0 aromatic heterocycles.